The summed E-state index contributed by atoms with van der Waals surface area (Å²) in [5, 5.41) is 4.68. The zero-order chi connectivity index (χ0) is 13.8. The lowest BCUT2D eigenvalue weighted by Crippen LogP contribution is -2.29. The van der Waals surface area contributed by atoms with Crippen molar-refractivity contribution >= 4 is 23.2 Å². The Bertz CT molecular complexity index is 523. The summed E-state index contributed by atoms with van der Waals surface area (Å²) in [7, 11) is 1.90. The Labute approximate surface area is 123 Å². The predicted octanol–water partition coefficient (Wildman–Crippen LogP) is 3.95. The number of nitrogens with one attached hydrogen (secondary N) is 1. The fraction of sp³-hybridized carbons (Fsp3) is 0.200. The van der Waals surface area contributed by atoms with Crippen LogP contribution in [0.5, 0.6) is 0 Å². The average Bonchev–Trinajstić information content (AvgIpc) is 2.42. The molecular weight excluding hydrogens is 279 g/mol. The van der Waals surface area contributed by atoms with Crippen molar-refractivity contribution in [1.29, 1.82) is 0 Å². The first-order valence-electron chi connectivity index (χ1n) is 6.05. The molecule has 2 aromatic carbocycles. The van der Waals surface area contributed by atoms with Crippen molar-refractivity contribution in [1.82, 2.24) is 5.32 Å². The van der Waals surface area contributed by atoms with Gasteiger partial charge in [0, 0.05) is 16.1 Å². The van der Waals surface area contributed by atoms with Gasteiger partial charge in [-0.1, -0.05) is 47.5 Å². The summed E-state index contributed by atoms with van der Waals surface area (Å²) >= 11 is 11.8. The van der Waals surface area contributed by atoms with Crippen molar-refractivity contribution in [2.45, 2.75) is 12.1 Å². The lowest BCUT2D eigenvalue weighted by molar-refractivity contribution is 0.491. The van der Waals surface area contributed by atoms with Gasteiger partial charge < -0.3 is 11.1 Å². The highest BCUT2D eigenvalue weighted by molar-refractivity contribution is 6.30. The molecule has 2 aromatic rings. The van der Waals surface area contributed by atoms with Crippen LogP contribution in [0.1, 0.15) is 23.2 Å². The van der Waals surface area contributed by atoms with Crippen molar-refractivity contribution in [3.63, 3.8) is 0 Å². The normalized spacial score (nSPS) is 14.1. The third kappa shape index (κ3) is 3.48. The number of rotatable bonds is 4. The van der Waals surface area contributed by atoms with E-state index in [2.05, 4.69) is 5.32 Å². The van der Waals surface area contributed by atoms with Gasteiger partial charge in [0.15, 0.2) is 0 Å². The van der Waals surface area contributed by atoms with Gasteiger partial charge in [-0.25, -0.2) is 0 Å². The first-order chi connectivity index (χ1) is 9.11. The van der Waals surface area contributed by atoms with Crippen LogP contribution < -0.4 is 11.1 Å². The van der Waals surface area contributed by atoms with E-state index in [0.29, 0.717) is 5.02 Å². The van der Waals surface area contributed by atoms with Crippen molar-refractivity contribution in [2.75, 3.05) is 7.05 Å². The molecule has 0 spiro atoms. The minimum absolute atomic E-state index is 0.0263. The van der Waals surface area contributed by atoms with Crippen LogP contribution in [0.3, 0.4) is 0 Å². The first-order valence-corrected chi connectivity index (χ1v) is 6.81. The summed E-state index contributed by atoms with van der Waals surface area (Å²) in [5.41, 5.74) is 8.48. The van der Waals surface area contributed by atoms with E-state index in [4.69, 9.17) is 28.9 Å². The molecule has 0 unspecified atom stereocenters. The summed E-state index contributed by atoms with van der Waals surface area (Å²) in [6.07, 6.45) is 0. The minimum Gasteiger partial charge on any atom is -0.322 e. The number of halogens is 2. The SMILES string of the molecule is CN[C@H](c1ccc(Cl)cc1)[C@@H](N)c1ccc(Cl)cc1. The minimum atomic E-state index is -0.150. The van der Waals surface area contributed by atoms with E-state index in [1.807, 2.05) is 55.6 Å². The highest BCUT2D eigenvalue weighted by atomic mass is 35.5. The standard InChI is InChI=1S/C15H16Cl2N2/c1-19-15(11-4-8-13(17)9-5-11)14(18)10-2-6-12(16)7-3-10/h2-9,14-15,19H,18H2,1H3/t14-,15+/m0/s1. The van der Waals surface area contributed by atoms with E-state index in [0.717, 1.165) is 16.1 Å². The Kier molecular flexibility index (Phi) is 4.83. The summed E-state index contributed by atoms with van der Waals surface area (Å²) in [6, 6.07) is 15.2. The molecule has 2 atom stereocenters. The zero-order valence-electron chi connectivity index (χ0n) is 10.6. The lowest BCUT2D eigenvalue weighted by Gasteiger charge is -2.24. The van der Waals surface area contributed by atoms with Crippen molar-refractivity contribution in [3.05, 3.63) is 69.7 Å². The topological polar surface area (TPSA) is 38.0 Å². The molecule has 0 aromatic heterocycles. The van der Waals surface area contributed by atoms with Gasteiger partial charge in [0.05, 0.1) is 6.04 Å². The maximum absolute atomic E-state index is 6.33. The van der Waals surface area contributed by atoms with Gasteiger partial charge in [0.1, 0.15) is 0 Å². The van der Waals surface area contributed by atoms with E-state index >= 15 is 0 Å². The van der Waals surface area contributed by atoms with Crippen LogP contribution in [0.4, 0.5) is 0 Å². The summed E-state index contributed by atoms with van der Waals surface area (Å²) < 4.78 is 0. The van der Waals surface area contributed by atoms with Crippen LogP contribution in [0.15, 0.2) is 48.5 Å². The molecule has 3 N–H and O–H groups in total. The average molecular weight is 295 g/mol. The second-order valence-electron chi connectivity index (χ2n) is 4.40. The Morgan fingerprint density at radius 1 is 0.842 bits per heavy atom. The Morgan fingerprint density at radius 3 is 1.68 bits per heavy atom. The van der Waals surface area contributed by atoms with Crippen LogP contribution in [-0.4, -0.2) is 7.05 Å². The largest absolute Gasteiger partial charge is 0.322 e. The Hall–Kier alpha value is -1.06. The molecule has 0 saturated heterocycles. The number of nitrogens with two attached hydrogens (primary N) is 1. The monoisotopic (exact) mass is 294 g/mol. The summed E-state index contributed by atoms with van der Waals surface area (Å²) in [5.74, 6) is 0. The highest BCUT2D eigenvalue weighted by Crippen LogP contribution is 2.28. The molecular formula is C15H16Cl2N2. The molecule has 0 bridgehead atoms. The van der Waals surface area contributed by atoms with Gasteiger partial charge in [-0.3, -0.25) is 0 Å². The molecule has 0 radical (unpaired) electrons. The van der Waals surface area contributed by atoms with Gasteiger partial charge in [-0.2, -0.15) is 0 Å². The van der Waals surface area contributed by atoms with Crippen molar-refractivity contribution in [3.8, 4) is 0 Å². The van der Waals surface area contributed by atoms with E-state index in [-0.39, 0.29) is 12.1 Å². The molecule has 0 amide bonds. The van der Waals surface area contributed by atoms with Crippen LogP contribution in [-0.2, 0) is 0 Å². The fourth-order valence-corrected chi connectivity index (χ4v) is 2.35. The van der Waals surface area contributed by atoms with Crippen molar-refractivity contribution in [2.24, 2.45) is 5.73 Å². The molecule has 0 aliphatic rings. The molecule has 0 saturated carbocycles. The third-order valence-corrected chi connectivity index (χ3v) is 3.66. The zero-order valence-corrected chi connectivity index (χ0v) is 12.1. The quantitative estimate of drug-likeness (QED) is 0.896. The Balaban J connectivity index is 2.26. The number of likely N-dealkylation sites (N-methyl/N-ethyl adjacent to an activating group) is 1. The molecule has 0 aliphatic heterocycles. The summed E-state index contributed by atoms with van der Waals surface area (Å²) in [4.78, 5) is 0. The molecule has 100 valence electrons. The van der Waals surface area contributed by atoms with E-state index in [9.17, 15) is 0 Å². The predicted molar refractivity (Wildman–Crippen MR) is 81.6 cm³/mol. The van der Waals surface area contributed by atoms with Gasteiger partial charge in [0.2, 0.25) is 0 Å². The summed E-state index contributed by atoms with van der Waals surface area (Å²) in [6.45, 7) is 0. The van der Waals surface area contributed by atoms with Gasteiger partial charge >= 0.3 is 0 Å². The van der Waals surface area contributed by atoms with E-state index in [1.54, 1.807) is 0 Å². The van der Waals surface area contributed by atoms with E-state index < -0.39 is 0 Å². The smallest absolute Gasteiger partial charge is 0.0513 e. The first kappa shape index (κ1) is 14.4. The molecule has 19 heavy (non-hydrogen) atoms. The third-order valence-electron chi connectivity index (χ3n) is 3.15. The van der Waals surface area contributed by atoms with Crippen molar-refractivity contribution < 1.29 is 0 Å². The van der Waals surface area contributed by atoms with Gasteiger partial charge in [-0.15, -0.1) is 0 Å². The maximum atomic E-state index is 6.33. The fourth-order valence-electron chi connectivity index (χ4n) is 2.10. The molecule has 2 nitrogen and oxygen atoms in total. The molecule has 2 rings (SSSR count). The molecule has 4 heteroatoms. The molecule has 0 heterocycles. The number of hydrogen-bond donors (Lipinski definition) is 2. The lowest BCUT2D eigenvalue weighted by atomic mass is 9.94. The second-order valence-corrected chi connectivity index (χ2v) is 5.27. The van der Waals surface area contributed by atoms with Crippen LogP contribution in [0.2, 0.25) is 10.0 Å². The van der Waals surface area contributed by atoms with Crippen LogP contribution in [0.25, 0.3) is 0 Å². The second kappa shape index (κ2) is 6.40. The Morgan fingerprint density at radius 2 is 1.26 bits per heavy atom. The van der Waals surface area contributed by atoms with Crippen LogP contribution in [0, 0.1) is 0 Å². The number of hydrogen-bond acceptors (Lipinski definition) is 2. The molecule has 0 aliphatic carbocycles. The van der Waals surface area contributed by atoms with Crippen LogP contribution >= 0.6 is 23.2 Å². The van der Waals surface area contributed by atoms with Gasteiger partial charge in [0.25, 0.3) is 0 Å². The maximum Gasteiger partial charge on any atom is 0.0513 e. The molecule has 0 fully saturated rings. The highest BCUT2D eigenvalue weighted by Gasteiger charge is 2.19. The van der Waals surface area contributed by atoms with E-state index in [1.165, 1.54) is 0 Å². The number of benzene rings is 2. The van der Waals surface area contributed by atoms with Gasteiger partial charge in [-0.05, 0) is 42.4 Å².